The minimum absolute atomic E-state index is 0.147. The summed E-state index contributed by atoms with van der Waals surface area (Å²) in [7, 11) is 0. The fraction of sp³-hybridized carbons (Fsp3) is 0.176. The van der Waals surface area contributed by atoms with Crippen molar-refractivity contribution in [2.24, 2.45) is 0 Å². The Labute approximate surface area is 441 Å². The van der Waals surface area contributed by atoms with Crippen molar-refractivity contribution in [3.63, 3.8) is 0 Å². The summed E-state index contributed by atoms with van der Waals surface area (Å²) in [6.45, 7) is 0.189. The second-order valence-corrected chi connectivity index (χ2v) is 18.2. The van der Waals surface area contributed by atoms with E-state index in [1.54, 1.807) is 35.6 Å². The zero-order valence-corrected chi connectivity index (χ0v) is 40.0. The number of nitrogens with zero attached hydrogens (tertiary/aromatic N) is 3. The second-order valence-electron chi connectivity index (χ2n) is 17.3. The molecule has 7 aromatic rings. The quantitative estimate of drug-likeness (QED) is 0.0380. The summed E-state index contributed by atoms with van der Waals surface area (Å²) in [5.74, 6) is -0.295. The Morgan fingerprint density at radius 3 is 0.951 bits per heavy atom. The molecular weight excluding hydrogens is 1170 g/mol. The van der Waals surface area contributed by atoms with Crippen LogP contribution in [-0.2, 0) is 56.0 Å². The number of hydrogen-bond donors (Lipinski definition) is 0. The van der Waals surface area contributed by atoms with Crippen LogP contribution in [0.2, 0.25) is 0 Å². The molecule has 0 bridgehead atoms. The lowest BCUT2D eigenvalue weighted by Gasteiger charge is -2.46. The van der Waals surface area contributed by atoms with Crippen LogP contribution in [0, 0.1) is 22.7 Å². The molecule has 0 saturated heterocycles. The number of ketones is 1. The first-order valence-corrected chi connectivity index (χ1v) is 22.7. The van der Waals surface area contributed by atoms with E-state index in [9.17, 15) is 121 Å². The van der Waals surface area contributed by atoms with Gasteiger partial charge in [0.2, 0.25) is 11.0 Å². The van der Waals surface area contributed by atoms with Crippen molar-refractivity contribution in [3.8, 4) is 12.1 Å². The molecule has 1 heterocycles. The maximum atomic E-state index is 14.2. The molecule has 81 heavy (non-hydrogen) atoms. The molecule has 30 heteroatoms. The topological polar surface area (TPSA) is 68.5 Å². The summed E-state index contributed by atoms with van der Waals surface area (Å²) in [4.78, 5) is 12.8. The first-order valence-electron chi connectivity index (χ1n) is 21.8. The van der Waals surface area contributed by atoms with Crippen LogP contribution in [0.5, 0.6) is 0 Å². The Hall–Kier alpha value is -8.02. The summed E-state index contributed by atoms with van der Waals surface area (Å²) < 4.78 is 344. The largest absolute Gasteiger partial charge is 0.416 e. The van der Waals surface area contributed by atoms with E-state index in [1.807, 2.05) is 52.5 Å². The summed E-state index contributed by atoms with van der Waals surface area (Å²) in [6.07, 6.45) is -54.8. The van der Waals surface area contributed by atoms with Crippen molar-refractivity contribution in [2.75, 3.05) is 0 Å². The van der Waals surface area contributed by atoms with E-state index in [0.29, 0.717) is 5.56 Å². The van der Waals surface area contributed by atoms with Crippen molar-refractivity contribution in [1.29, 1.82) is 10.5 Å². The van der Waals surface area contributed by atoms with Gasteiger partial charge in [0.15, 0.2) is 12.3 Å². The highest BCUT2D eigenvalue weighted by Crippen LogP contribution is 2.41. The lowest BCUT2D eigenvalue weighted by atomic mass is 9.12. The highest BCUT2D eigenvalue weighted by Gasteiger charge is 2.47. The number of fused-ring (bicyclic) bond motifs is 1. The molecule has 0 amide bonds. The molecule has 0 aliphatic carbocycles. The number of para-hydroxylation sites is 1. The van der Waals surface area contributed by atoms with Crippen molar-refractivity contribution in [2.45, 2.75) is 56.0 Å². The molecule has 0 atom stereocenters. The van der Waals surface area contributed by atoms with Gasteiger partial charge in [0, 0.05) is 11.6 Å². The molecule has 426 valence electrons. The Kier molecular flexibility index (Phi) is 16.7. The van der Waals surface area contributed by atoms with Crippen LogP contribution >= 0.6 is 11.3 Å². The van der Waals surface area contributed by atoms with E-state index < -0.39 is 195 Å². The zero-order chi connectivity index (χ0) is 60.9. The van der Waals surface area contributed by atoms with Gasteiger partial charge in [0.1, 0.15) is 28.6 Å². The summed E-state index contributed by atoms with van der Waals surface area (Å²) in [6, 6.07) is 11.4. The molecule has 4 nitrogen and oxygen atoms in total. The lowest BCUT2D eigenvalue weighted by Crippen LogP contribution is -2.75. The predicted octanol–water partition coefficient (Wildman–Crippen LogP) is 14.6. The number of nitriles is 2. The van der Waals surface area contributed by atoms with Crippen molar-refractivity contribution < 1.29 is 115 Å². The number of allylic oxidation sites excluding steroid dienone is 2. The van der Waals surface area contributed by atoms with Crippen LogP contribution in [0.15, 0.2) is 144 Å². The lowest BCUT2D eigenvalue weighted by molar-refractivity contribution is -0.658. The normalized spacial score (nSPS) is 13.0. The van der Waals surface area contributed by atoms with Crippen molar-refractivity contribution in [3.05, 3.63) is 194 Å². The molecule has 7 rings (SSSR count). The average Bonchev–Trinajstić information content (AvgIpc) is 3.80. The molecule has 0 saturated carbocycles. The fourth-order valence-electron chi connectivity index (χ4n) is 8.52. The standard InChI is InChI=1S/C32H12BF24.C19H12N3OS/c34-25(35,36)13-1-14(26(37,38)39)6-21(5-13)33(22-7-15(27(40,41)42)2-16(8-22)28(43,44)45,23-9-17(29(46,47)48)3-18(10-23)30(49,50)51)24-11-19(31(52,53)54)4-20(12-24)32(55,56)57;20-10-15(11-21)16(19(23)14-6-2-1-3-7-14)12-22-13-24-18-9-5-4-8-17(18)22/h1-12H;1-9,13H,12H2/q-1;+1. The van der Waals surface area contributed by atoms with Gasteiger partial charge >= 0.3 is 49.4 Å². The number of benzene rings is 6. The zero-order valence-electron chi connectivity index (χ0n) is 39.2. The molecule has 0 radical (unpaired) electrons. The maximum Gasteiger partial charge on any atom is 0.416 e. The summed E-state index contributed by atoms with van der Waals surface area (Å²) >= 11 is 1.55. The number of rotatable bonds is 8. The molecule has 0 unspecified atom stereocenters. The Morgan fingerprint density at radius 2 is 0.679 bits per heavy atom. The van der Waals surface area contributed by atoms with E-state index in [-0.39, 0.29) is 23.5 Å². The van der Waals surface area contributed by atoms with E-state index in [1.165, 1.54) is 0 Å². The van der Waals surface area contributed by atoms with Crippen LogP contribution in [0.1, 0.15) is 54.9 Å². The highest BCUT2D eigenvalue weighted by atomic mass is 32.1. The molecular formula is C51H24BF24N3OS. The van der Waals surface area contributed by atoms with Gasteiger partial charge in [-0.3, -0.25) is 4.79 Å². The highest BCUT2D eigenvalue weighted by molar-refractivity contribution is 7.20. The van der Waals surface area contributed by atoms with Crippen LogP contribution in [0.4, 0.5) is 105 Å². The van der Waals surface area contributed by atoms with E-state index >= 15 is 0 Å². The Balaban J connectivity index is 0.000000363. The third-order valence-corrected chi connectivity index (χ3v) is 13.0. The smallest absolute Gasteiger partial charge is 0.289 e. The number of Topliss-reactive ketones (excluding diaryl/α,β-unsaturated/α-hetero) is 1. The van der Waals surface area contributed by atoms with Gasteiger partial charge < -0.3 is 0 Å². The number of halogens is 24. The molecule has 0 aliphatic heterocycles. The van der Waals surface area contributed by atoms with Gasteiger partial charge in [-0.25, -0.2) is 0 Å². The van der Waals surface area contributed by atoms with Crippen LogP contribution < -0.4 is 26.4 Å². The number of aromatic nitrogens is 1. The number of thiazole rings is 1. The molecule has 0 aliphatic rings. The first-order chi connectivity index (χ1) is 37.0. The van der Waals surface area contributed by atoms with Gasteiger partial charge in [0.05, 0.1) is 50.1 Å². The molecule has 0 fully saturated rings. The van der Waals surface area contributed by atoms with E-state index in [4.69, 9.17) is 0 Å². The molecule has 0 N–H and O–H groups in total. The van der Waals surface area contributed by atoms with Gasteiger partial charge in [0.25, 0.3) is 0 Å². The monoisotopic (exact) mass is 1190 g/mol. The van der Waals surface area contributed by atoms with Crippen molar-refractivity contribution >= 4 is 55.3 Å². The third kappa shape index (κ3) is 13.8. The maximum absolute atomic E-state index is 14.2. The Morgan fingerprint density at radius 1 is 0.407 bits per heavy atom. The van der Waals surface area contributed by atoms with E-state index in [0.717, 1.165) is 10.2 Å². The SMILES string of the molecule is FC(F)(F)c1cc([B-](c2cc(C(F)(F)F)cc(C(F)(F)F)c2)(c2cc(C(F)(F)F)cc(C(F)(F)F)c2)c2cc(C(F)(F)F)cc(C(F)(F)F)c2)cc(C(F)(F)F)c1.N#CC(C#N)=C(C[n+]1csc2ccccc21)C(=O)c1ccccc1. The van der Waals surface area contributed by atoms with Crippen LogP contribution in [-0.4, -0.2) is 11.9 Å². The summed E-state index contributed by atoms with van der Waals surface area (Å²) in [5.41, 5.74) is -26.8. The van der Waals surface area contributed by atoms with Gasteiger partial charge in [-0.05, 0) is 30.3 Å². The fourth-order valence-corrected chi connectivity index (χ4v) is 9.41. The summed E-state index contributed by atoms with van der Waals surface area (Å²) in [5, 5.41) is 18.5. The number of hydrogen-bond acceptors (Lipinski definition) is 4. The molecule has 0 spiro atoms. The number of alkyl halides is 24. The van der Waals surface area contributed by atoms with E-state index in [2.05, 4.69) is 0 Å². The molecule has 6 aromatic carbocycles. The molecule has 1 aromatic heterocycles. The minimum Gasteiger partial charge on any atom is -0.289 e. The average molecular weight is 1190 g/mol. The number of carbonyl (C=O) groups excluding carboxylic acids is 1. The first kappa shape index (κ1) is 62.2. The van der Waals surface area contributed by atoms with Crippen LogP contribution in [0.3, 0.4) is 0 Å². The van der Waals surface area contributed by atoms with Gasteiger partial charge in [-0.1, -0.05) is 102 Å². The van der Waals surface area contributed by atoms with Gasteiger partial charge in [-0.2, -0.15) is 142 Å². The van der Waals surface area contributed by atoms with Crippen molar-refractivity contribution in [1.82, 2.24) is 0 Å². The van der Waals surface area contributed by atoms with Gasteiger partial charge in [-0.15, -0.1) is 0 Å². The third-order valence-electron chi connectivity index (χ3n) is 12.1. The Bertz CT molecular complexity index is 3170. The number of carbonyl (C=O) groups is 1. The predicted molar refractivity (Wildman–Crippen MR) is 241 cm³/mol. The second kappa shape index (κ2) is 21.8. The van der Waals surface area contributed by atoms with Crippen LogP contribution in [0.25, 0.3) is 10.2 Å². The minimum atomic E-state index is -6.13.